The summed E-state index contributed by atoms with van der Waals surface area (Å²) >= 11 is 5.60. The molecule has 0 amide bonds. The fourth-order valence-electron chi connectivity index (χ4n) is 9.91. The van der Waals surface area contributed by atoms with E-state index in [2.05, 4.69) is 71.3 Å². The monoisotopic (exact) mass is 610 g/mol. The van der Waals surface area contributed by atoms with Gasteiger partial charge in [0, 0.05) is 10.8 Å². The second-order valence-corrected chi connectivity index (χ2v) is 17.0. The molecule has 0 saturated heterocycles. The van der Waals surface area contributed by atoms with Gasteiger partial charge < -0.3 is 15.3 Å². The number of carboxylic acids is 1. The first-order chi connectivity index (χ1) is 17.6. The Labute approximate surface area is 243 Å². The SMILES string of the molecule is CC(C)=C(Br)CCC(C(=O)O)=C1C2C[C@@H](O)C3[C@@]4(C)CC[C@@H](O)[C@@H](C)C4CC[C@]3(C)[C@@]2(C)C[C@@H]1SC(C)C. The highest BCUT2D eigenvalue weighted by Crippen LogP contribution is 2.75. The molecule has 4 aliphatic carbocycles. The van der Waals surface area contributed by atoms with Crippen molar-refractivity contribution in [2.45, 2.75) is 129 Å². The number of thioether (sulfide) groups is 1. The number of halogens is 1. The van der Waals surface area contributed by atoms with Crippen molar-refractivity contribution in [2.24, 2.45) is 39.9 Å². The topological polar surface area (TPSA) is 77.8 Å². The van der Waals surface area contributed by atoms with Gasteiger partial charge in [-0.05, 0) is 120 Å². The van der Waals surface area contributed by atoms with Crippen LogP contribution in [0.2, 0.25) is 0 Å². The van der Waals surface area contributed by atoms with Crippen LogP contribution in [0.5, 0.6) is 0 Å². The van der Waals surface area contributed by atoms with Crippen LogP contribution in [0.4, 0.5) is 0 Å². The largest absolute Gasteiger partial charge is 0.478 e. The number of carbonyl (C=O) groups is 1. The molecule has 4 nitrogen and oxygen atoms in total. The summed E-state index contributed by atoms with van der Waals surface area (Å²) in [6.07, 6.45) is 6.04. The molecule has 4 rings (SSSR count). The van der Waals surface area contributed by atoms with Crippen LogP contribution in [-0.4, -0.2) is 44.0 Å². The van der Waals surface area contributed by atoms with Gasteiger partial charge >= 0.3 is 5.97 Å². The Hall–Kier alpha value is -0.300. The van der Waals surface area contributed by atoms with Crippen molar-refractivity contribution in [3.63, 3.8) is 0 Å². The van der Waals surface area contributed by atoms with Crippen LogP contribution in [-0.2, 0) is 4.79 Å². The molecule has 0 radical (unpaired) electrons. The molecule has 6 heteroatoms. The zero-order valence-electron chi connectivity index (χ0n) is 24.8. The smallest absolute Gasteiger partial charge is 0.331 e. The quantitative estimate of drug-likeness (QED) is 0.266. The number of fused-ring (bicyclic) bond motifs is 5. The first-order valence-corrected chi connectivity index (χ1v) is 16.6. The van der Waals surface area contributed by atoms with E-state index in [0.29, 0.717) is 36.0 Å². The Bertz CT molecular complexity index is 1000. The molecule has 10 atom stereocenters. The minimum absolute atomic E-state index is 0.00383. The Morgan fingerprint density at radius 1 is 1.05 bits per heavy atom. The van der Waals surface area contributed by atoms with Gasteiger partial charge in [0.15, 0.2) is 0 Å². The molecule has 4 aliphatic rings. The lowest BCUT2D eigenvalue weighted by atomic mass is 9.36. The van der Waals surface area contributed by atoms with E-state index in [-0.39, 0.29) is 45.4 Å². The molecule has 3 N–H and O–H groups in total. The third-order valence-electron chi connectivity index (χ3n) is 11.9. The molecule has 216 valence electrons. The Morgan fingerprint density at radius 2 is 1.71 bits per heavy atom. The molecular formula is C32H51BrO4S. The number of aliphatic hydroxyl groups is 2. The second-order valence-electron chi connectivity index (χ2n) is 14.3. The molecule has 0 aromatic rings. The summed E-state index contributed by atoms with van der Waals surface area (Å²) in [5.41, 5.74) is 2.73. The average Bonchev–Trinajstić information content (AvgIpc) is 3.08. The molecule has 3 unspecified atom stereocenters. The van der Waals surface area contributed by atoms with E-state index >= 15 is 0 Å². The van der Waals surface area contributed by atoms with Crippen LogP contribution in [0.3, 0.4) is 0 Å². The van der Waals surface area contributed by atoms with E-state index in [4.69, 9.17) is 0 Å². The lowest BCUT2D eigenvalue weighted by molar-refractivity contribution is -0.233. The van der Waals surface area contributed by atoms with Crippen molar-refractivity contribution in [1.82, 2.24) is 0 Å². The Kier molecular flexibility index (Phi) is 8.74. The molecule has 38 heavy (non-hydrogen) atoms. The molecule has 0 bridgehead atoms. The standard InChI is InChI=1S/C32H51BrO4S/c1-17(2)23(33)10-9-20(29(36)37)27-22-15-25(35)28-30(6)13-12-24(34)19(5)21(30)11-14-31(28,7)32(22,8)16-26(27)38-18(3)4/h18-19,21-22,24-26,28,34-35H,9-16H2,1-8H3,(H,36,37)/t19-,21?,22?,24+,25+,26-,28?,30-,31-,32-/m0/s1. The highest BCUT2D eigenvalue weighted by atomic mass is 79.9. The maximum atomic E-state index is 12.8. The van der Waals surface area contributed by atoms with Crippen molar-refractivity contribution in [3.05, 3.63) is 21.2 Å². The van der Waals surface area contributed by atoms with Crippen molar-refractivity contribution >= 4 is 33.7 Å². The third-order valence-corrected chi connectivity index (χ3v) is 14.4. The minimum atomic E-state index is -0.791. The first-order valence-electron chi connectivity index (χ1n) is 14.9. The summed E-state index contributed by atoms with van der Waals surface area (Å²) in [6, 6.07) is 0. The van der Waals surface area contributed by atoms with Crippen molar-refractivity contribution in [1.29, 1.82) is 0 Å². The van der Waals surface area contributed by atoms with Crippen LogP contribution in [0, 0.1) is 39.9 Å². The second kappa shape index (κ2) is 10.8. The summed E-state index contributed by atoms with van der Waals surface area (Å²) in [6.45, 7) is 18.0. The van der Waals surface area contributed by atoms with Gasteiger partial charge in [-0.1, -0.05) is 63.0 Å². The van der Waals surface area contributed by atoms with E-state index < -0.39 is 12.1 Å². The van der Waals surface area contributed by atoms with Gasteiger partial charge in [-0.3, -0.25) is 0 Å². The molecule has 0 aromatic carbocycles. The molecule has 0 heterocycles. The first kappa shape index (κ1) is 30.7. The predicted molar refractivity (Wildman–Crippen MR) is 161 cm³/mol. The zero-order chi connectivity index (χ0) is 28.4. The fraction of sp³-hybridized carbons (Fsp3) is 0.844. The van der Waals surface area contributed by atoms with Gasteiger partial charge in [-0.15, -0.1) is 0 Å². The highest BCUT2D eigenvalue weighted by Gasteiger charge is 2.70. The van der Waals surface area contributed by atoms with Gasteiger partial charge in [0.25, 0.3) is 0 Å². The number of allylic oxidation sites excluding steroid dienone is 2. The molecule has 4 saturated carbocycles. The van der Waals surface area contributed by atoms with Crippen molar-refractivity contribution < 1.29 is 20.1 Å². The normalized spacial score (nSPS) is 45.7. The number of carboxylic acid groups (broad SMARTS) is 1. The summed E-state index contributed by atoms with van der Waals surface area (Å²) in [7, 11) is 0. The number of aliphatic hydroxyl groups excluding tert-OH is 2. The van der Waals surface area contributed by atoms with Crippen molar-refractivity contribution in [2.75, 3.05) is 0 Å². The van der Waals surface area contributed by atoms with E-state index in [9.17, 15) is 20.1 Å². The van der Waals surface area contributed by atoms with Gasteiger partial charge in [0.1, 0.15) is 0 Å². The fourth-order valence-corrected chi connectivity index (χ4v) is 11.7. The average molecular weight is 612 g/mol. The maximum Gasteiger partial charge on any atom is 0.331 e. The Balaban J connectivity index is 1.82. The van der Waals surface area contributed by atoms with E-state index in [1.54, 1.807) is 0 Å². The maximum absolute atomic E-state index is 12.8. The zero-order valence-corrected chi connectivity index (χ0v) is 27.2. The van der Waals surface area contributed by atoms with Crippen LogP contribution >= 0.6 is 27.7 Å². The predicted octanol–water partition coefficient (Wildman–Crippen LogP) is 7.97. The van der Waals surface area contributed by atoms with E-state index in [1.807, 2.05) is 11.8 Å². The third kappa shape index (κ3) is 4.79. The Morgan fingerprint density at radius 3 is 2.29 bits per heavy atom. The van der Waals surface area contributed by atoms with E-state index in [1.165, 1.54) is 5.57 Å². The van der Waals surface area contributed by atoms with Crippen LogP contribution < -0.4 is 0 Å². The lowest BCUT2D eigenvalue weighted by Crippen LogP contribution is -2.65. The molecular weight excluding hydrogens is 560 g/mol. The minimum Gasteiger partial charge on any atom is -0.478 e. The summed E-state index contributed by atoms with van der Waals surface area (Å²) < 4.78 is 1.08. The number of rotatable bonds is 6. The van der Waals surface area contributed by atoms with E-state index in [0.717, 1.165) is 42.2 Å². The van der Waals surface area contributed by atoms with Gasteiger partial charge in [-0.2, -0.15) is 11.8 Å². The summed E-state index contributed by atoms with van der Waals surface area (Å²) in [5.74, 6) is 0.138. The summed E-state index contributed by atoms with van der Waals surface area (Å²) in [5, 5.41) is 33.9. The number of hydrogen-bond acceptors (Lipinski definition) is 4. The molecule has 0 spiro atoms. The highest BCUT2D eigenvalue weighted by molar-refractivity contribution is 9.11. The van der Waals surface area contributed by atoms with Gasteiger partial charge in [0.05, 0.1) is 12.2 Å². The van der Waals surface area contributed by atoms with Crippen LogP contribution in [0.1, 0.15) is 107 Å². The lowest BCUT2D eigenvalue weighted by Gasteiger charge is -2.69. The van der Waals surface area contributed by atoms with Crippen LogP contribution in [0.15, 0.2) is 21.2 Å². The molecule has 4 fully saturated rings. The summed E-state index contributed by atoms with van der Waals surface area (Å²) in [4.78, 5) is 12.8. The molecule has 0 aliphatic heterocycles. The van der Waals surface area contributed by atoms with Crippen LogP contribution in [0.25, 0.3) is 0 Å². The molecule has 0 aromatic heterocycles. The van der Waals surface area contributed by atoms with Gasteiger partial charge in [0.2, 0.25) is 0 Å². The van der Waals surface area contributed by atoms with Crippen molar-refractivity contribution in [3.8, 4) is 0 Å². The number of hydrogen-bond donors (Lipinski definition) is 3. The van der Waals surface area contributed by atoms with Gasteiger partial charge in [-0.25, -0.2) is 4.79 Å². The number of aliphatic carboxylic acids is 1.